The van der Waals surface area contributed by atoms with E-state index in [0.717, 1.165) is 0 Å². The van der Waals surface area contributed by atoms with Gasteiger partial charge in [0.25, 0.3) is 0 Å². The molecule has 0 spiro atoms. The smallest absolute Gasteiger partial charge is 0.0897 e. The molecule has 114 valence electrons. The summed E-state index contributed by atoms with van der Waals surface area (Å²) in [5, 5.41) is 14.0. The standard InChI is InChI=1S/C14H29NO3S/c1-3-17-8-9-18-11-12(16)10-15-13-6-4-5-7-14(13)19-2/h12-16H,3-11H2,1-2H3. The molecule has 0 saturated heterocycles. The Morgan fingerprint density at radius 2 is 2.00 bits per heavy atom. The highest BCUT2D eigenvalue weighted by molar-refractivity contribution is 7.99. The molecule has 0 aliphatic heterocycles. The van der Waals surface area contributed by atoms with E-state index in [9.17, 15) is 5.11 Å². The fourth-order valence-corrected chi connectivity index (χ4v) is 3.40. The Labute approximate surface area is 121 Å². The summed E-state index contributed by atoms with van der Waals surface area (Å²) in [4.78, 5) is 0. The summed E-state index contributed by atoms with van der Waals surface area (Å²) >= 11 is 1.94. The first-order valence-electron chi connectivity index (χ1n) is 7.37. The van der Waals surface area contributed by atoms with Crippen LogP contribution >= 0.6 is 11.8 Å². The summed E-state index contributed by atoms with van der Waals surface area (Å²) in [5.74, 6) is 0. The van der Waals surface area contributed by atoms with Gasteiger partial charge < -0.3 is 19.9 Å². The zero-order valence-electron chi connectivity index (χ0n) is 12.3. The zero-order chi connectivity index (χ0) is 13.9. The Hall–Kier alpha value is 0.190. The molecule has 1 aliphatic carbocycles. The largest absolute Gasteiger partial charge is 0.389 e. The van der Waals surface area contributed by atoms with Crippen LogP contribution in [0.4, 0.5) is 0 Å². The van der Waals surface area contributed by atoms with Crippen molar-refractivity contribution in [3.05, 3.63) is 0 Å². The Balaban J connectivity index is 2.06. The molecule has 4 nitrogen and oxygen atoms in total. The Kier molecular flexibility index (Phi) is 9.91. The summed E-state index contributed by atoms with van der Waals surface area (Å²) in [7, 11) is 0. The van der Waals surface area contributed by atoms with Gasteiger partial charge in [-0.3, -0.25) is 0 Å². The van der Waals surface area contributed by atoms with Crippen LogP contribution in [0.5, 0.6) is 0 Å². The molecule has 2 N–H and O–H groups in total. The number of rotatable bonds is 10. The Bertz CT molecular complexity index is 219. The van der Waals surface area contributed by atoms with Gasteiger partial charge in [-0.15, -0.1) is 0 Å². The molecule has 1 rings (SSSR count). The van der Waals surface area contributed by atoms with Crippen LogP contribution in [0.1, 0.15) is 32.6 Å². The van der Waals surface area contributed by atoms with E-state index in [1.54, 1.807) is 0 Å². The van der Waals surface area contributed by atoms with Crippen LogP contribution in [0.25, 0.3) is 0 Å². The molecule has 0 bridgehead atoms. The van der Waals surface area contributed by atoms with Crippen molar-refractivity contribution >= 4 is 11.8 Å². The van der Waals surface area contributed by atoms with Gasteiger partial charge in [-0.25, -0.2) is 0 Å². The molecule has 1 aliphatic rings. The van der Waals surface area contributed by atoms with Gasteiger partial charge in [0.05, 0.1) is 25.9 Å². The molecule has 3 atom stereocenters. The summed E-state index contributed by atoms with van der Waals surface area (Å²) in [5.41, 5.74) is 0. The summed E-state index contributed by atoms with van der Waals surface area (Å²) in [6.45, 7) is 4.85. The number of nitrogens with one attached hydrogen (secondary N) is 1. The molecule has 0 heterocycles. The number of hydrogen-bond acceptors (Lipinski definition) is 5. The molecule has 1 fully saturated rings. The third-order valence-electron chi connectivity index (χ3n) is 3.51. The lowest BCUT2D eigenvalue weighted by Gasteiger charge is -2.31. The van der Waals surface area contributed by atoms with Crippen LogP contribution < -0.4 is 5.32 Å². The molecule has 19 heavy (non-hydrogen) atoms. The quantitative estimate of drug-likeness (QED) is 0.600. The molecule has 0 aromatic carbocycles. The van der Waals surface area contributed by atoms with Crippen molar-refractivity contribution in [1.29, 1.82) is 0 Å². The van der Waals surface area contributed by atoms with Crippen molar-refractivity contribution in [2.75, 3.05) is 39.2 Å². The molecule has 0 aromatic rings. The van der Waals surface area contributed by atoms with Crippen molar-refractivity contribution < 1.29 is 14.6 Å². The average molecular weight is 291 g/mol. The van der Waals surface area contributed by atoms with Crippen molar-refractivity contribution in [2.24, 2.45) is 0 Å². The molecule has 5 heteroatoms. The SMILES string of the molecule is CCOCCOCC(O)CNC1CCCCC1SC. The van der Waals surface area contributed by atoms with Gasteiger partial charge in [0.1, 0.15) is 0 Å². The number of ether oxygens (including phenoxy) is 2. The number of hydrogen-bond donors (Lipinski definition) is 2. The zero-order valence-corrected chi connectivity index (χ0v) is 13.1. The maximum Gasteiger partial charge on any atom is 0.0897 e. The minimum Gasteiger partial charge on any atom is -0.389 e. The van der Waals surface area contributed by atoms with E-state index in [0.29, 0.717) is 44.3 Å². The second-order valence-corrected chi connectivity index (χ2v) is 6.08. The molecule has 3 unspecified atom stereocenters. The van der Waals surface area contributed by atoms with E-state index < -0.39 is 6.10 Å². The second-order valence-electron chi connectivity index (χ2n) is 5.00. The maximum atomic E-state index is 9.86. The third kappa shape index (κ3) is 7.51. The van der Waals surface area contributed by atoms with Gasteiger partial charge in [-0.05, 0) is 26.0 Å². The predicted octanol–water partition coefficient (Wildman–Crippen LogP) is 1.66. The Morgan fingerprint density at radius 3 is 2.74 bits per heavy atom. The maximum absolute atomic E-state index is 9.86. The number of thioether (sulfide) groups is 1. The van der Waals surface area contributed by atoms with Crippen LogP contribution in [-0.2, 0) is 9.47 Å². The van der Waals surface area contributed by atoms with E-state index in [1.165, 1.54) is 25.7 Å². The van der Waals surface area contributed by atoms with Crippen molar-refractivity contribution in [2.45, 2.75) is 50.0 Å². The minimum absolute atomic E-state index is 0.386. The number of aliphatic hydroxyl groups excluding tert-OH is 1. The fraction of sp³-hybridized carbons (Fsp3) is 1.00. The van der Waals surface area contributed by atoms with Gasteiger partial charge >= 0.3 is 0 Å². The van der Waals surface area contributed by atoms with Crippen LogP contribution in [-0.4, -0.2) is 61.7 Å². The van der Waals surface area contributed by atoms with Gasteiger partial charge in [0, 0.05) is 24.4 Å². The van der Waals surface area contributed by atoms with Crippen molar-refractivity contribution in [3.63, 3.8) is 0 Å². The first-order chi connectivity index (χ1) is 9.27. The lowest BCUT2D eigenvalue weighted by molar-refractivity contribution is 0.00547. The van der Waals surface area contributed by atoms with E-state index in [4.69, 9.17) is 9.47 Å². The normalized spacial score (nSPS) is 25.4. The highest BCUT2D eigenvalue weighted by atomic mass is 32.2. The second kappa shape index (κ2) is 10.9. The topological polar surface area (TPSA) is 50.7 Å². The summed E-state index contributed by atoms with van der Waals surface area (Å²) in [6, 6.07) is 0.543. The van der Waals surface area contributed by atoms with E-state index >= 15 is 0 Å². The van der Waals surface area contributed by atoms with Gasteiger partial charge in [-0.2, -0.15) is 11.8 Å². The lowest BCUT2D eigenvalue weighted by atomic mass is 9.95. The van der Waals surface area contributed by atoms with Crippen LogP contribution in [0.2, 0.25) is 0 Å². The Morgan fingerprint density at radius 1 is 1.26 bits per heavy atom. The highest BCUT2D eigenvalue weighted by Gasteiger charge is 2.24. The summed E-state index contributed by atoms with van der Waals surface area (Å²) < 4.78 is 10.5. The van der Waals surface area contributed by atoms with Crippen LogP contribution in [0.15, 0.2) is 0 Å². The van der Waals surface area contributed by atoms with Crippen molar-refractivity contribution in [3.8, 4) is 0 Å². The van der Waals surface area contributed by atoms with Crippen molar-refractivity contribution in [1.82, 2.24) is 5.32 Å². The minimum atomic E-state index is -0.425. The monoisotopic (exact) mass is 291 g/mol. The number of aliphatic hydroxyl groups is 1. The molecular weight excluding hydrogens is 262 g/mol. The van der Waals surface area contributed by atoms with Crippen LogP contribution in [0, 0.1) is 0 Å². The molecule has 1 saturated carbocycles. The molecular formula is C14H29NO3S. The van der Waals surface area contributed by atoms with Crippen LogP contribution in [0.3, 0.4) is 0 Å². The first-order valence-corrected chi connectivity index (χ1v) is 8.66. The first kappa shape index (κ1) is 17.2. The molecule has 0 amide bonds. The van der Waals surface area contributed by atoms with Gasteiger partial charge in [0.2, 0.25) is 0 Å². The predicted molar refractivity (Wildman–Crippen MR) is 80.9 cm³/mol. The average Bonchev–Trinajstić information content (AvgIpc) is 2.45. The lowest BCUT2D eigenvalue weighted by Crippen LogP contribution is -2.44. The van der Waals surface area contributed by atoms with Gasteiger partial charge in [0.15, 0.2) is 0 Å². The third-order valence-corrected chi connectivity index (χ3v) is 4.68. The highest BCUT2D eigenvalue weighted by Crippen LogP contribution is 2.26. The van der Waals surface area contributed by atoms with E-state index in [-0.39, 0.29) is 0 Å². The van der Waals surface area contributed by atoms with Gasteiger partial charge in [-0.1, -0.05) is 12.8 Å². The summed E-state index contributed by atoms with van der Waals surface area (Å²) in [6.07, 6.45) is 6.91. The molecule has 0 radical (unpaired) electrons. The van der Waals surface area contributed by atoms with E-state index in [1.807, 2.05) is 18.7 Å². The fourth-order valence-electron chi connectivity index (χ4n) is 2.44. The molecule has 0 aromatic heterocycles. The van der Waals surface area contributed by atoms with E-state index in [2.05, 4.69) is 11.6 Å².